The Balaban J connectivity index is 0.000000557. The molecule has 17 heavy (non-hydrogen) atoms. The summed E-state index contributed by atoms with van der Waals surface area (Å²) in [6, 6.07) is 0. The van der Waals surface area contributed by atoms with Crippen molar-refractivity contribution < 1.29 is 15.0 Å². The first kappa shape index (κ1) is 15.7. The van der Waals surface area contributed by atoms with E-state index in [-0.39, 0.29) is 6.61 Å². The maximum Gasteiger partial charge on any atom is 0.300 e. The lowest BCUT2D eigenvalue weighted by atomic mass is 9.90. The minimum absolute atomic E-state index is 0.152. The van der Waals surface area contributed by atoms with E-state index in [1.54, 1.807) is 0 Å². The van der Waals surface area contributed by atoms with E-state index in [1.165, 1.54) is 27.8 Å². The monoisotopic (exact) mass is 238 g/mol. The Labute approximate surface area is 103 Å². The molecular weight excluding hydrogens is 216 g/mol. The van der Waals surface area contributed by atoms with Gasteiger partial charge in [-0.15, -0.1) is 0 Å². The van der Waals surface area contributed by atoms with E-state index in [0.717, 1.165) is 12.5 Å². The molecule has 0 amide bonds. The molecular formula is C14H22O3. The van der Waals surface area contributed by atoms with E-state index in [2.05, 4.69) is 34.6 Å². The molecule has 0 aromatic heterocycles. The Morgan fingerprint density at radius 2 is 1.12 bits per heavy atom. The summed E-state index contributed by atoms with van der Waals surface area (Å²) in [5.41, 5.74) is 7.55. The van der Waals surface area contributed by atoms with Crippen molar-refractivity contribution in [2.24, 2.45) is 0 Å². The van der Waals surface area contributed by atoms with Gasteiger partial charge in [0.1, 0.15) is 0 Å². The number of benzene rings is 1. The van der Waals surface area contributed by atoms with Crippen LogP contribution in [0.5, 0.6) is 0 Å². The average molecular weight is 238 g/mol. The predicted molar refractivity (Wildman–Crippen MR) is 69.4 cm³/mol. The fraction of sp³-hybridized carbons (Fsp3) is 0.500. The topological polar surface area (TPSA) is 57.5 Å². The third-order valence-electron chi connectivity index (χ3n) is 3.31. The van der Waals surface area contributed by atoms with Gasteiger partial charge in [-0.2, -0.15) is 0 Å². The third kappa shape index (κ3) is 3.86. The Kier molecular flexibility index (Phi) is 5.89. The molecule has 0 aliphatic heterocycles. The number of carbonyl (C=O) groups is 1. The molecule has 0 saturated carbocycles. The Hall–Kier alpha value is -1.35. The van der Waals surface area contributed by atoms with E-state index in [9.17, 15) is 5.11 Å². The Morgan fingerprint density at radius 3 is 1.35 bits per heavy atom. The van der Waals surface area contributed by atoms with Crippen LogP contribution in [0.25, 0.3) is 0 Å². The van der Waals surface area contributed by atoms with E-state index >= 15 is 0 Å². The molecule has 96 valence electrons. The summed E-state index contributed by atoms with van der Waals surface area (Å²) in [4.78, 5) is 9.00. The molecule has 0 atom stereocenters. The molecule has 1 aromatic carbocycles. The molecule has 1 aromatic rings. The second kappa shape index (κ2) is 6.40. The zero-order valence-electron chi connectivity index (χ0n) is 11.5. The van der Waals surface area contributed by atoms with Gasteiger partial charge in [-0.3, -0.25) is 4.79 Å². The van der Waals surface area contributed by atoms with Crippen LogP contribution < -0.4 is 0 Å². The molecule has 0 saturated heterocycles. The van der Waals surface area contributed by atoms with Gasteiger partial charge in [0, 0.05) is 6.92 Å². The molecule has 0 bridgehead atoms. The quantitative estimate of drug-likeness (QED) is 0.791. The summed E-state index contributed by atoms with van der Waals surface area (Å²) in [5.74, 6) is -0.833. The molecule has 3 nitrogen and oxygen atoms in total. The van der Waals surface area contributed by atoms with Crippen LogP contribution >= 0.6 is 0 Å². The fourth-order valence-corrected chi connectivity index (χ4v) is 1.81. The Bertz CT molecular complexity index is 387. The first-order valence-electron chi connectivity index (χ1n) is 5.60. The smallest absolute Gasteiger partial charge is 0.300 e. The van der Waals surface area contributed by atoms with Crippen molar-refractivity contribution in [3.05, 3.63) is 33.4 Å². The fourth-order valence-electron chi connectivity index (χ4n) is 1.81. The number of carboxylic acids is 1. The standard InChI is InChI=1S/C12H18O.C2H4O2/c1-7-8(2)10(4)12(6-13)11(5)9(7)3;1-2(3)4/h13H,6H2,1-5H3;1H3,(H,3,4). The summed E-state index contributed by atoms with van der Waals surface area (Å²) >= 11 is 0. The number of aliphatic hydroxyl groups is 1. The lowest BCUT2D eigenvalue weighted by Crippen LogP contribution is -2.02. The number of hydrogen-bond acceptors (Lipinski definition) is 2. The van der Waals surface area contributed by atoms with Crippen LogP contribution in [0.4, 0.5) is 0 Å². The second-order valence-corrected chi connectivity index (χ2v) is 4.28. The first-order valence-corrected chi connectivity index (χ1v) is 5.60. The molecule has 3 heteroatoms. The summed E-state index contributed by atoms with van der Waals surface area (Å²) in [7, 11) is 0. The van der Waals surface area contributed by atoms with Crippen molar-refractivity contribution in [2.75, 3.05) is 0 Å². The van der Waals surface area contributed by atoms with E-state index < -0.39 is 5.97 Å². The van der Waals surface area contributed by atoms with Crippen molar-refractivity contribution in [2.45, 2.75) is 48.1 Å². The van der Waals surface area contributed by atoms with Crippen LogP contribution in [0.1, 0.15) is 40.3 Å². The van der Waals surface area contributed by atoms with E-state index in [0.29, 0.717) is 0 Å². The summed E-state index contributed by atoms with van der Waals surface area (Å²) in [6.07, 6.45) is 0. The molecule has 0 aliphatic carbocycles. The van der Waals surface area contributed by atoms with E-state index in [1.807, 2.05) is 0 Å². The largest absolute Gasteiger partial charge is 0.481 e. The summed E-state index contributed by atoms with van der Waals surface area (Å²) in [6.45, 7) is 11.8. The Morgan fingerprint density at radius 1 is 0.882 bits per heavy atom. The average Bonchev–Trinajstić information content (AvgIpc) is 2.24. The van der Waals surface area contributed by atoms with Crippen LogP contribution in [0.2, 0.25) is 0 Å². The van der Waals surface area contributed by atoms with Gasteiger partial charge in [-0.25, -0.2) is 0 Å². The van der Waals surface area contributed by atoms with Gasteiger partial charge in [-0.05, 0) is 68.0 Å². The SMILES string of the molecule is CC(=O)O.Cc1c(C)c(C)c(CO)c(C)c1C. The number of hydrogen-bond donors (Lipinski definition) is 2. The first-order chi connectivity index (χ1) is 7.73. The lowest BCUT2D eigenvalue weighted by molar-refractivity contribution is -0.134. The molecule has 0 unspecified atom stereocenters. The third-order valence-corrected chi connectivity index (χ3v) is 3.31. The second-order valence-electron chi connectivity index (χ2n) is 4.28. The van der Waals surface area contributed by atoms with Crippen molar-refractivity contribution in [1.82, 2.24) is 0 Å². The zero-order chi connectivity index (χ0) is 13.7. The molecule has 0 fully saturated rings. The zero-order valence-corrected chi connectivity index (χ0v) is 11.5. The van der Waals surface area contributed by atoms with Crippen molar-refractivity contribution in [3.63, 3.8) is 0 Å². The lowest BCUT2D eigenvalue weighted by Gasteiger charge is -2.16. The van der Waals surface area contributed by atoms with Crippen molar-refractivity contribution >= 4 is 5.97 Å². The van der Waals surface area contributed by atoms with Crippen LogP contribution in [-0.4, -0.2) is 16.2 Å². The predicted octanol–water partition coefficient (Wildman–Crippen LogP) is 2.81. The summed E-state index contributed by atoms with van der Waals surface area (Å²) in [5, 5.41) is 16.7. The summed E-state index contributed by atoms with van der Waals surface area (Å²) < 4.78 is 0. The van der Waals surface area contributed by atoms with Gasteiger partial charge in [0.25, 0.3) is 5.97 Å². The molecule has 0 heterocycles. The van der Waals surface area contributed by atoms with Gasteiger partial charge < -0.3 is 10.2 Å². The van der Waals surface area contributed by atoms with Crippen molar-refractivity contribution in [1.29, 1.82) is 0 Å². The van der Waals surface area contributed by atoms with Gasteiger partial charge in [-0.1, -0.05) is 0 Å². The van der Waals surface area contributed by atoms with Crippen LogP contribution in [0, 0.1) is 34.6 Å². The number of rotatable bonds is 1. The maximum absolute atomic E-state index is 9.24. The highest BCUT2D eigenvalue weighted by molar-refractivity contribution is 5.62. The van der Waals surface area contributed by atoms with Gasteiger partial charge in [0.05, 0.1) is 6.61 Å². The molecule has 0 radical (unpaired) electrons. The van der Waals surface area contributed by atoms with Crippen LogP contribution in [0.3, 0.4) is 0 Å². The normalized spacial score (nSPS) is 9.59. The van der Waals surface area contributed by atoms with Crippen LogP contribution in [0.15, 0.2) is 0 Å². The highest BCUT2D eigenvalue weighted by Crippen LogP contribution is 2.25. The van der Waals surface area contributed by atoms with E-state index in [4.69, 9.17) is 9.90 Å². The molecule has 0 aliphatic rings. The van der Waals surface area contributed by atoms with Gasteiger partial charge in [0.2, 0.25) is 0 Å². The number of aliphatic hydroxyl groups excluding tert-OH is 1. The molecule has 2 N–H and O–H groups in total. The number of carboxylic acid groups (broad SMARTS) is 1. The minimum atomic E-state index is -0.833. The molecule has 0 spiro atoms. The highest BCUT2D eigenvalue weighted by Gasteiger charge is 2.10. The minimum Gasteiger partial charge on any atom is -0.481 e. The highest BCUT2D eigenvalue weighted by atomic mass is 16.4. The maximum atomic E-state index is 9.24. The van der Waals surface area contributed by atoms with Gasteiger partial charge in [0.15, 0.2) is 0 Å². The van der Waals surface area contributed by atoms with Gasteiger partial charge >= 0.3 is 0 Å². The molecule has 1 rings (SSSR count). The van der Waals surface area contributed by atoms with Crippen LogP contribution in [-0.2, 0) is 11.4 Å². The number of aliphatic carboxylic acids is 1. The van der Waals surface area contributed by atoms with Crippen molar-refractivity contribution in [3.8, 4) is 0 Å².